The summed E-state index contributed by atoms with van der Waals surface area (Å²) >= 11 is 0. The molecule has 0 aromatic carbocycles. The Balaban J connectivity index is 4.44. The van der Waals surface area contributed by atoms with Crippen molar-refractivity contribution in [3.8, 4) is 0 Å². The van der Waals surface area contributed by atoms with Gasteiger partial charge in [0, 0.05) is 0 Å². The molecular formula is C15H26O3. The summed E-state index contributed by atoms with van der Waals surface area (Å²) in [5, 5.41) is 0. The van der Waals surface area contributed by atoms with Crippen molar-refractivity contribution in [3.63, 3.8) is 0 Å². The van der Waals surface area contributed by atoms with Gasteiger partial charge in [-0.2, -0.15) is 0 Å². The van der Waals surface area contributed by atoms with Gasteiger partial charge in [-0.15, -0.1) is 0 Å². The first-order valence-corrected chi connectivity index (χ1v) is 6.64. The van der Waals surface area contributed by atoms with Crippen molar-refractivity contribution in [1.29, 1.82) is 0 Å². The van der Waals surface area contributed by atoms with Gasteiger partial charge in [-0.3, -0.25) is 0 Å². The van der Waals surface area contributed by atoms with E-state index in [0.29, 0.717) is 11.5 Å². The summed E-state index contributed by atoms with van der Waals surface area (Å²) in [6.07, 6.45) is 3.30. The minimum atomic E-state index is -0.643. The third kappa shape index (κ3) is 6.48. The zero-order valence-electron chi connectivity index (χ0n) is 12.6. The zero-order chi connectivity index (χ0) is 14.1. The van der Waals surface area contributed by atoms with Crippen LogP contribution in [0.25, 0.3) is 0 Å². The Labute approximate surface area is 111 Å². The Morgan fingerprint density at radius 3 is 1.39 bits per heavy atom. The Kier molecular flexibility index (Phi) is 8.17. The quantitative estimate of drug-likeness (QED) is 0.475. The van der Waals surface area contributed by atoms with Gasteiger partial charge in [0.05, 0.1) is 0 Å². The van der Waals surface area contributed by atoms with Gasteiger partial charge in [-0.25, -0.2) is 4.79 Å². The van der Waals surface area contributed by atoms with Crippen LogP contribution in [0.2, 0.25) is 0 Å². The van der Waals surface area contributed by atoms with Gasteiger partial charge >= 0.3 is 6.16 Å². The summed E-state index contributed by atoms with van der Waals surface area (Å²) in [5.41, 5.74) is 2.17. The Bertz CT molecular complexity index is 306. The number of rotatable bonds is 6. The lowest BCUT2D eigenvalue weighted by Crippen LogP contribution is -2.07. The average Bonchev–Trinajstić information content (AvgIpc) is 2.29. The molecule has 0 aliphatic heterocycles. The molecule has 0 fully saturated rings. The van der Waals surface area contributed by atoms with Crippen LogP contribution in [0, 0.1) is 0 Å². The van der Waals surface area contributed by atoms with Crippen molar-refractivity contribution >= 4 is 6.16 Å². The highest BCUT2D eigenvalue weighted by molar-refractivity contribution is 5.63. The number of hydrogen-bond donors (Lipinski definition) is 0. The standard InChI is InChI=1S/C15H26O3/c1-7-9-11(3)13(5)17-15(16)18-14(6)12(4)10-8-2/h7-10H2,1-6H3. The van der Waals surface area contributed by atoms with Crippen LogP contribution in [0.3, 0.4) is 0 Å². The molecule has 0 saturated heterocycles. The third-order valence-corrected chi connectivity index (χ3v) is 2.92. The molecule has 3 nitrogen and oxygen atoms in total. The van der Waals surface area contributed by atoms with E-state index in [1.807, 2.05) is 13.8 Å². The molecule has 0 rings (SSSR count). The topological polar surface area (TPSA) is 35.5 Å². The lowest BCUT2D eigenvalue weighted by Gasteiger charge is -2.10. The fraction of sp³-hybridized carbons (Fsp3) is 0.667. The van der Waals surface area contributed by atoms with Crippen LogP contribution in [0.1, 0.15) is 67.2 Å². The molecule has 0 saturated carbocycles. The van der Waals surface area contributed by atoms with Crippen molar-refractivity contribution in [1.82, 2.24) is 0 Å². The van der Waals surface area contributed by atoms with Crippen LogP contribution in [0.5, 0.6) is 0 Å². The highest BCUT2D eigenvalue weighted by Crippen LogP contribution is 2.15. The SMILES string of the molecule is CCCC(C)=C(C)OC(=O)OC(C)=C(C)CCC. The number of ether oxygens (including phenoxy) is 2. The molecule has 0 heterocycles. The van der Waals surface area contributed by atoms with Gasteiger partial charge in [-0.05, 0) is 51.7 Å². The van der Waals surface area contributed by atoms with Crippen LogP contribution >= 0.6 is 0 Å². The van der Waals surface area contributed by atoms with E-state index in [-0.39, 0.29) is 0 Å². The molecular weight excluding hydrogens is 228 g/mol. The Hall–Kier alpha value is -1.25. The summed E-state index contributed by atoms with van der Waals surface area (Å²) in [5.74, 6) is 1.28. The molecule has 3 heteroatoms. The number of allylic oxidation sites excluding steroid dienone is 4. The van der Waals surface area contributed by atoms with Crippen molar-refractivity contribution in [2.45, 2.75) is 67.2 Å². The molecule has 0 amide bonds. The van der Waals surface area contributed by atoms with Gasteiger partial charge < -0.3 is 9.47 Å². The summed E-state index contributed by atoms with van der Waals surface area (Å²) in [6.45, 7) is 11.7. The van der Waals surface area contributed by atoms with Crippen LogP contribution in [-0.2, 0) is 9.47 Å². The van der Waals surface area contributed by atoms with E-state index in [1.54, 1.807) is 13.8 Å². The van der Waals surface area contributed by atoms with Crippen LogP contribution < -0.4 is 0 Å². The highest BCUT2D eigenvalue weighted by atomic mass is 16.7. The predicted molar refractivity (Wildman–Crippen MR) is 74.1 cm³/mol. The molecule has 0 aliphatic rings. The van der Waals surface area contributed by atoms with E-state index in [4.69, 9.17) is 9.47 Å². The second-order valence-corrected chi connectivity index (χ2v) is 4.63. The van der Waals surface area contributed by atoms with E-state index < -0.39 is 6.16 Å². The van der Waals surface area contributed by atoms with E-state index in [2.05, 4.69) is 13.8 Å². The first-order chi connectivity index (χ1) is 8.42. The number of carbonyl (C=O) groups is 1. The molecule has 0 atom stereocenters. The second-order valence-electron chi connectivity index (χ2n) is 4.63. The normalized spacial score (nSPS) is 13.7. The van der Waals surface area contributed by atoms with E-state index >= 15 is 0 Å². The second kappa shape index (κ2) is 8.78. The highest BCUT2D eigenvalue weighted by Gasteiger charge is 2.10. The summed E-state index contributed by atoms with van der Waals surface area (Å²) in [4.78, 5) is 11.6. The largest absolute Gasteiger partial charge is 0.518 e. The van der Waals surface area contributed by atoms with E-state index in [9.17, 15) is 4.79 Å². The van der Waals surface area contributed by atoms with Crippen molar-refractivity contribution in [2.75, 3.05) is 0 Å². The van der Waals surface area contributed by atoms with Crippen LogP contribution in [0.4, 0.5) is 4.79 Å². The molecule has 0 aromatic rings. The summed E-state index contributed by atoms with van der Waals surface area (Å²) in [7, 11) is 0. The first kappa shape index (κ1) is 16.8. The monoisotopic (exact) mass is 254 g/mol. The minimum Gasteiger partial charge on any atom is -0.400 e. The molecule has 0 aliphatic carbocycles. The van der Waals surface area contributed by atoms with Gasteiger partial charge in [0.15, 0.2) is 0 Å². The lowest BCUT2D eigenvalue weighted by atomic mass is 10.1. The maximum absolute atomic E-state index is 11.6. The minimum absolute atomic E-state index is 0.641. The van der Waals surface area contributed by atoms with Crippen molar-refractivity contribution in [2.24, 2.45) is 0 Å². The van der Waals surface area contributed by atoms with Crippen molar-refractivity contribution < 1.29 is 14.3 Å². The van der Waals surface area contributed by atoms with Gasteiger partial charge in [-0.1, -0.05) is 26.7 Å². The maximum Gasteiger partial charge on any atom is 0.518 e. The number of hydrogen-bond acceptors (Lipinski definition) is 3. The van der Waals surface area contributed by atoms with E-state index in [1.165, 1.54) is 0 Å². The molecule has 104 valence electrons. The average molecular weight is 254 g/mol. The third-order valence-electron chi connectivity index (χ3n) is 2.92. The fourth-order valence-corrected chi connectivity index (χ4v) is 1.55. The van der Waals surface area contributed by atoms with Crippen LogP contribution in [-0.4, -0.2) is 6.16 Å². The zero-order valence-corrected chi connectivity index (χ0v) is 12.6. The molecule has 0 N–H and O–H groups in total. The molecule has 0 bridgehead atoms. The van der Waals surface area contributed by atoms with Gasteiger partial charge in [0.25, 0.3) is 0 Å². The van der Waals surface area contributed by atoms with Crippen molar-refractivity contribution in [3.05, 3.63) is 22.7 Å². The van der Waals surface area contributed by atoms with E-state index in [0.717, 1.165) is 36.8 Å². The summed E-state index contributed by atoms with van der Waals surface area (Å²) < 4.78 is 10.3. The molecule has 0 radical (unpaired) electrons. The predicted octanol–water partition coefficient (Wildman–Crippen LogP) is 5.33. The van der Waals surface area contributed by atoms with Crippen LogP contribution in [0.15, 0.2) is 22.7 Å². The maximum atomic E-state index is 11.6. The molecule has 18 heavy (non-hydrogen) atoms. The molecule has 0 aromatic heterocycles. The Morgan fingerprint density at radius 2 is 1.11 bits per heavy atom. The lowest BCUT2D eigenvalue weighted by molar-refractivity contribution is 0.101. The molecule has 0 unspecified atom stereocenters. The van der Waals surface area contributed by atoms with Gasteiger partial charge in [0.2, 0.25) is 0 Å². The molecule has 0 spiro atoms. The summed E-state index contributed by atoms with van der Waals surface area (Å²) in [6, 6.07) is 0. The smallest absolute Gasteiger partial charge is 0.400 e. The van der Waals surface area contributed by atoms with Gasteiger partial charge in [0.1, 0.15) is 11.5 Å². The fourth-order valence-electron chi connectivity index (χ4n) is 1.55. The Morgan fingerprint density at radius 1 is 0.778 bits per heavy atom. The number of carbonyl (C=O) groups excluding carboxylic acids is 1. The first-order valence-electron chi connectivity index (χ1n) is 6.64.